The molecule has 0 amide bonds. The Labute approximate surface area is 126 Å². The van der Waals surface area contributed by atoms with Gasteiger partial charge in [-0.1, -0.05) is 40.9 Å². The molecule has 5 heteroatoms. The molecule has 1 nitrogen and oxygen atoms in total. The molecule has 0 aliphatic rings. The molecule has 0 fully saturated rings. The molecule has 0 bridgehead atoms. The molecule has 0 aliphatic carbocycles. The quantitative estimate of drug-likeness (QED) is 0.844. The van der Waals surface area contributed by atoms with Gasteiger partial charge in [0.2, 0.25) is 0 Å². The lowest BCUT2D eigenvalue weighted by Gasteiger charge is -2.15. The van der Waals surface area contributed by atoms with E-state index in [1.165, 1.54) is 18.2 Å². The van der Waals surface area contributed by atoms with Crippen molar-refractivity contribution in [3.63, 3.8) is 0 Å². The second-order valence-corrected chi connectivity index (χ2v) is 5.46. The second-order valence-electron chi connectivity index (χ2n) is 4.21. The van der Waals surface area contributed by atoms with Crippen LogP contribution in [0.15, 0.2) is 36.4 Å². The molecule has 1 unspecified atom stereocenters. The van der Waals surface area contributed by atoms with Gasteiger partial charge in [0.1, 0.15) is 5.82 Å². The lowest BCUT2D eigenvalue weighted by atomic mass is 9.99. The maximum absolute atomic E-state index is 13.2. The fourth-order valence-electron chi connectivity index (χ4n) is 1.85. The van der Waals surface area contributed by atoms with Gasteiger partial charge in [0.25, 0.3) is 0 Å². The van der Waals surface area contributed by atoms with Crippen LogP contribution in [0.2, 0.25) is 15.1 Å². The van der Waals surface area contributed by atoms with Crippen molar-refractivity contribution in [1.82, 2.24) is 0 Å². The third-order valence-electron chi connectivity index (χ3n) is 2.81. The molecular weight excluding hydrogens is 308 g/mol. The lowest BCUT2D eigenvalue weighted by molar-refractivity contribution is 0.622. The second kappa shape index (κ2) is 6.10. The van der Waals surface area contributed by atoms with E-state index in [9.17, 15) is 4.39 Å². The predicted octanol–water partition coefficient (Wildman–Crippen LogP) is 5.03. The average Bonchev–Trinajstić information content (AvgIpc) is 2.33. The summed E-state index contributed by atoms with van der Waals surface area (Å²) in [6, 6.07) is 8.95. The van der Waals surface area contributed by atoms with Crippen LogP contribution in [0.25, 0.3) is 0 Å². The summed E-state index contributed by atoms with van der Waals surface area (Å²) in [5.41, 5.74) is 7.50. The summed E-state index contributed by atoms with van der Waals surface area (Å²) in [4.78, 5) is 0. The van der Waals surface area contributed by atoms with E-state index in [-0.39, 0.29) is 11.9 Å². The van der Waals surface area contributed by atoms with Crippen LogP contribution in [0.5, 0.6) is 0 Å². The van der Waals surface area contributed by atoms with Crippen LogP contribution >= 0.6 is 34.8 Å². The summed E-state index contributed by atoms with van der Waals surface area (Å²) in [7, 11) is 0. The van der Waals surface area contributed by atoms with E-state index in [0.717, 1.165) is 5.56 Å². The maximum Gasteiger partial charge on any atom is 0.123 e. The molecule has 2 N–H and O–H groups in total. The number of benzene rings is 2. The monoisotopic (exact) mass is 317 g/mol. The topological polar surface area (TPSA) is 26.0 Å². The highest BCUT2D eigenvalue weighted by molar-refractivity contribution is 6.35. The van der Waals surface area contributed by atoms with Crippen molar-refractivity contribution in [2.24, 2.45) is 5.73 Å². The van der Waals surface area contributed by atoms with Crippen molar-refractivity contribution in [2.45, 2.75) is 12.5 Å². The van der Waals surface area contributed by atoms with Crippen molar-refractivity contribution in [3.8, 4) is 0 Å². The standard InChI is InChI=1S/C14H11Cl3FN/c15-9-1-3-11(13(17)7-9)14(19)6-8-5-10(18)2-4-12(8)16/h1-5,7,14H,6,19H2. The Morgan fingerprint density at radius 3 is 2.42 bits per heavy atom. The first-order chi connectivity index (χ1) is 8.97. The van der Waals surface area contributed by atoms with Gasteiger partial charge in [-0.3, -0.25) is 0 Å². The van der Waals surface area contributed by atoms with Crippen LogP contribution in [-0.2, 0) is 6.42 Å². The van der Waals surface area contributed by atoms with Gasteiger partial charge in [0.15, 0.2) is 0 Å². The molecule has 19 heavy (non-hydrogen) atoms. The van der Waals surface area contributed by atoms with E-state index in [4.69, 9.17) is 40.5 Å². The Hall–Kier alpha value is -0.800. The van der Waals surface area contributed by atoms with Crippen LogP contribution < -0.4 is 5.73 Å². The summed E-state index contributed by atoms with van der Waals surface area (Å²) >= 11 is 17.9. The zero-order chi connectivity index (χ0) is 14.0. The molecule has 1 atom stereocenters. The van der Waals surface area contributed by atoms with Crippen LogP contribution in [0.1, 0.15) is 17.2 Å². The zero-order valence-corrected chi connectivity index (χ0v) is 12.1. The van der Waals surface area contributed by atoms with E-state index >= 15 is 0 Å². The molecule has 2 rings (SSSR count). The Kier molecular flexibility index (Phi) is 4.69. The molecule has 2 aromatic rings. The normalized spacial score (nSPS) is 12.5. The first kappa shape index (κ1) is 14.6. The van der Waals surface area contributed by atoms with Crippen LogP contribution in [-0.4, -0.2) is 0 Å². The van der Waals surface area contributed by atoms with Gasteiger partial charge in [0, 0.05) is 21.1 Å². The summed E-state index contributed by atoms with van der Waals surface area (Å²) in [6.45, 7) is 0. The Balaban J connectivity index is 2.25. The van der Waals surface area contributed by atoms with Crippen LogP contribution in [0, 0.1) is 5.82 Å². The fraction of sp³-hybridized carbons (Fsp3) is 0.143. The van der Waals surface area contributed by atoms with E-state index in [1.54, 1.807) is 18.2 Å². The van der Waals surface area contributed by atoms with E-state index in [0.29, 0.717) is 27.1 Å². The molecule has 0 spiro atoms. The van der Waals surface area contributed by atoms with Crippen molar-refractivity contribution >= 4 is 34.8 Å². The van der Waals surface area contributed by atoms with Crippen LogP contribution in [0.4, 0.5) is 4.39 Å². The van der Waals surface area contributed by atoms with Crippen molar-refractivity contribution in [3.05, 3.63) is 68.4 Å². The van der Waals surface area contributed by atoms with Crippen molar-refractivity contribution in [2.75, 3.05) is 0 Å². The smallest absolute Gasteiger partial charge is 0.123 e. The van der Waals surface area contributed by atoms with Crippen molar-refractivity contribution < 1.29 is 4.39 Å². The number of halogens is 4. The molecule has 0 saturated heterocycles. The third kappa shape index (κ3) is 3.61. The molecule has 0 heterocycles. The Morgan fingerprint density at radius 1 is 1.00 bits per heavy atom. The highest BCUT2D eigenvalue weighted by Crippen LogP contribution is 2.29. The minimum absolute atomic E-state index is 0.339. The fourth-order valence-corrected chi connectivity index (χ4v) is 2.59. The molecule has 100 valence electrons. The highest BCUT2D eigenvalue weighted by Gasteiger charge is 2.13. The predicted molar refractivity (Wildman–Crippen MR) is 78.5 cm³/mol. The molecule has 0 radical (unpaired) electrons. The first-order valence-electron chi connectivity index (χ1n) is 5.62. The first-order valence-corrected chi connectivity index (χ1v) is 6.75. The largest absolute Gasteiger partial charge is 0.324 e. The van der Waals surface area contributed by atoms with E-state index < -0.39 is 0 Å². The Morgan fingerprint density at radius 2 is 1.74 bits per heavy atom. The third-order valence-corrected chi connectivity index (χ3v) is 3.74. The van der Waals surface area contributed by atoms with Gasteiger partial charge < -0.3 is 5.73 Å². The van der Waals surface area contributed by atoms with Gasteiger partial charge in [-0.2, -0.15) is 0 Å². The minimum atomic E-state index is -0.371. The average molecular weight is 319 g/mol. The van der Waals surface area contributed by atoms with Crippen LogP contribution in [0.3, 0.4) is 0 Å². The molecule has 0 saturated carbocycles. The summed E-state index contributed by atoms with van der Waals surface area (Å²) in [5.74, 6) is -0.339. The molecular formula is C14H11Cl3FN. The molecule has 0 aromatic heterocycles. The van der Waals surface area contributed by atoms with Gasteiger partial charge >= 0.3 is 0 Å². The van der Waals surface area contributed by atoms with Gasteiger partial charge in [-0.25, -0.2) is 4.39 Å². The summed E-state index contributed by atoms with van der Waals surface area (Å²) in [5, 5.41) is 1.53. The SMILES string of the molecule is NC(Cc1cc(F)ccc1Cl)c1ccc(Cl)cc1Cl. The summed E-state index contributed by atoms with van der Waals surface area (Å²) in [6.07, 6.45) is 0.401. The molecule has 2 aromatic carbocycles. The number of hydrogen-bond acceptors (Lipinski definition) is 1. The molecule has 0 aliphatic heterocycles. The number of nitrogens with two attached hydrogens (primary N) is 1. The van der Waals surface area contributed by atoms with E-state index in [2.05, 4.69) is 0 Å². The highest BCUT2D eigenvalue weighted by atomic mass is 35.5. The maximum atomic E-state index is 13.2. The minimum Gasteiger partial charge on any atom is -0.324 e. The van der Waals surface area contributed by atoms with Gasteiger partial charge in [-0.15, -0.1) is 0 Å². The lowest BCUT2D eigenvalue weighted by Crippen LogP contribution is -2.14. The van der Waals surface area contributed by atoms with Gasteiger partial charge in [0.05, 0.1) is 0 Å². The van der Waals surface area contributed by atoms with Crippen molar-refractivity contribution in [1.29, 1.82) is 0 Å². The number of rotatable bonds is 3. The van der Waals surface area contributed by atoms with E-state index in [1.807, 2.05) is 0 Å². The Bertz CT molecular complexity index is 601. The zero-order valence-electron chi connectivity index (χ0n) is 9.84. The number of hydrogen-bond donors (Lipinski definition) is 1. The summed E-state index contributed by atoms with van der Waals surface area (Å²) < 4.78 is 13.2. The van der Waals surface area contributed by atoms with Gasteiger partial charge in [-0.05, 0) is 47.9 Å².